The van der Waals surface area contributed by atoms with Crippen LogP contribution in [0.3, 0.4) is 0 Å². The molecule has 1 aromatic rings. The van der Waals surface area contributed by atoms with Crippen LogP contribution in [0.4, 0.5) is 0 Å². The van der Waals surface area contributed by atoms with Gasteiger partial charge in [0.15, 0.2) is 6.10 Å². The summed E-state index contributed by atoms with van der Waals surface area (Å²) in [5.41, 5.74) is 1.26. The van der Waals surface area contributed by atoms with E-state index < -0.39 is 6.10 Å². The van der Waals surface area contributed by atoms with Crippen molar-refractivity contribution >= 4 is 5.91 Å². The van der Waals surface area contributed by atoms with Gasteiger partial charge in [-0.1, -0.05) is 17.7 Å². The summed E-state index contributed by atoms with van der Waals surface area (Å²) in [7, 11) is 0. The van der Waals surface area contributed by atoms with Gasteiger partial charge in [-0.05, 0) is 82.3 Å². The maximum absolute atomic E-state index is 12.7. The molecule has 1 unspecified atom stereocenters. The summed E-state index contributed by atoms with van der Waals surface area (Å²) in [6, 6.07) is 7.89. The molecule has 4 aliphatic rings. The summed E-state index contributed by atoms with van der Waals surface area (Å²) in [6.07, 6.45) is 7.29. The molecule has 0 aliphatic heterocycles. The maximum Gasteiger partial charge on any atom is 0.261 e. The van der Waals surface area contributed by atoms with Crippen LogP contribution in [0.2, 0.25) is 0 Å². The van der Waals surface area contributed by atoms with Crippen molar-refractivity contribution in [2.75, 3.05) is 0 Å². The van der Waals surface area contributed by atoms with Crippen LogP contribution in [0.1, 0.15) is 51.0 Å². The maximum atomic E-state index is 12.7. The van der Waals surface area contributed by atoms with E-state index in [1.165, 1.54) is 44.1 Å². The highest BCUT2D eigenvalue weighted by molar-refractivity contribution is 5.81. The number of carbonyl (C=O) groups is 1. The zero-order chi connectivity index (χ0) is 16.0. The standard InChI is InChI=1S/C20H27NO2/c1-13-3-5-18(6-4-13)23-14(2)19(22)21-20-10-15-7-16(11-20)9-17(8-15)12-20/h3-6,14-17H,7-12H2,1-2H3,(H,21,22). The van der Waals surface area contributed by atoms with Crippen LogP contribution in [0.15, 0.2) is 24.3 Å². The molecule has 5 rings (SSSR count). The molecule has 4 bridgehead atoms. The van der Waals surface area contributed by atoms with E-state index in [0.29, 0.717) is 0 Å². The minimum Gasteiger partial charge on any atom is -0.481 e. The van der Waals surface area contributed by atoms with E-state index >= 15 is 0 Å². The molecule has 0 heterocycles. The molecule has 3 heteroatoms. The molecule has 1 atom stereocenters. The Balaban J connectivity index is 1.40. The largest absolute Gasteiger partial charge is 0.481 e. The van der Waals surface area contributed by atoms with Crippen LogP contribution in [0, 0.1) is 24.7 Å². The lowest BCUT2D eigenvalue weighted by atomic mass is 9.53. The van der Waals surface area contributed by atoms with Gasteiger partial charge in [0.05, 0.1) is 0 Å². The average molecular weight is 313 g/mol. The van der Waals surface area contributed by atoms with E-state index in [4.69, 9.17) is 4.74 Å². The van der Waals surface area contributed by atoms with Gasteiger partial charge in [-0.2, -0.15) is 0 Å². The van der Waals surface area contributed by atoms with Gasteiger partial charge in [-0.25, -0.2) is 0 Å². The highest BCUT2D eigenvalue weighted by Crippen LogP contribution is 2.55. The van der Waals surface area contributed by atoms with Crippen molar-refractivity contribution < 1.29 is 9.53 Å². The van der Waals surface area contributed by atoms with Crippen LogP contribution < -0.4 is 10.1 Å². The summed E-state index contributed by atoms with van der Waals surface area (Å²) in [4.78, 5) is 12.7. The number of rotatable bonds is 4. The number of ether oxygens (including phenoxy) is 1. The van der Waals surface area contributed by atoms with Gasteiger partial charge in [-0.3, -0.25) is 4.79 Å². The van der Waals surface area contributed by atoms with Gasteiger partial charge in [0.1, 0.15) is 5.75 Å². The molecule has 1 N–H and O–H groups in total. The number of aryl methyl sites for hydroxylation is 1. The minimum absolute atomic E-state index is 0.0486. The Morgan fingerprint density at radius 2 is 1.61 bits per heavy atom. The van der Waals surface area contributed by atoms with Crippen molar-refractivity contribution in [3.05, 3.63) is 29.8 Å². The van der Waals surface area contributed by atoms with Crippen LogP contribution in [-0.2, 0) is 4.79 Å². The minimum atomic E-state index is -0.439. The first-order chi connectivity index (χ1) is 11.0. The molecule has 4 fully saturated rings. The van der Waals surface area contributed by atoms with Crippen molar-refractivity contribution in [2.24, 2.45) is 17.8 Å². The van der Waals surface area contributed by atoms with Crippen molar-refractivity contribution in [1.29, 1.82) is 0 Å². The summed E-state index contributed by atoms with van der Waals surface area (Å²) in [6.45, 7) is 3.91. The van der Waals surface area contributed by atoms with E-state index in [2.05, 4.69) is 5.32 Å². The molecule has 0 aromatic heterocycles. The smallest absolute Gasteiger partial charge is 0.261 e. The molecular formula is C20H27NO2. The SMILES string of the molecule is Cc1ccc(OC(C)C(=O)NC23CC4CC(CC(C4)C2)C3)cc1. The Kier molecular flexibility index (Phi) is 3.62. The molecule has 1 amide bonds. The number of hydrogen-bond acceptors (Lipinski definition) is 2. The van der Waals surface area contributed by atoms with Gasteiger partial charge in [0.25, 0.3) is 5.91 Å². The Labute approximate surface area is 138 Å². The fourth-order valence-electron chi connectivity index (χ4n) is 5.50. The molecule has 0 saturated heterocycles. The molecule has 3 nitrogen and oxygen atoms in total. The Hall–Kier alpha value is -1.51. The molecular weight excluding hydrogens is 286 g/mol. The van der Waals surface area contributed by atoms with Gasteiger partial charge >= 0.3 is 0 Å². The fourth-order valence-corrected chi connectivity index (χ4v) is 5.50. The van der Waals surface area contributed by atoms with Gasteiger partial charge in [0.2, 0.25) is 0 Å². The number of carbonyl (C=O) groups excluding carboxylic acids is 1. The van der Waals surface area contributed by atoms with E-state index in [0.717, 1.165) is 23.5 Å². The molecule has 0 radical (unpaired) electrons. The van der Waals surface area contributed by atoms with Gasteiger partial charge in [-0.15, -0.1) is 0 Å². The molecule has 124 valence electrons. The zero-order valence-corrected chi connectivity index (χ0v) is 14.2. The Morgan fingerprint density at radius 1 is 1.09 bits per heavy atom. The molecule has 0 spiro atoms. The van der Waals surface area contributed by atoms with Crippen molar-refractivity contribution in [2.45, 2.75) is 64.0 Å². The number of hydrogen-bond donors (Lipinski definition) is 1. The third kappa shape index (κ3) is 2.98. The van der Waals surface area contributed by atoms with Crippen LogP contribution in [-0.4, -0.2) is 17.6 Å². The fraction of sp³-hybridized carbons (Fsp3) is 0.650. The third-order valence-corrected chi connectivity index (χ3v) is 6.13. The predicted octanol–water partition coefficient (Wildman–Crippen LogP) is 3.85. The summed E-state index contributed by atoms with van der Waals surface area (Å²) < 4.78 is 5.83. The predicted molar refractivity (Wildman–Crippen MR) is 90.3 cm³/mol. The Bertz CT molecular complexity index is 557. The first-order valence-corrected chi connectivity index (χ1v) is 9.07. The quantitative estimate of drug-likeness (QED) is 0.917. The first-order valence-electron chi connectivity index (χ1n) is 9.07. The van der Waals surface area contributed by atoms with E-state index in [9.17, 15) is 4.79 Å². The van der Waals surface area contributed by atoms with E-state index in [1.807, 2.05) is 38.1 Å². The summed E-state index contributed by atoms with van der Waals surface area (Å²) in [5.74, 6) is 3.34. The second kappa shape index (κ2) is 5.54. The topological polar surface area (TPSA) is 38.3 Å². The van der Waals surface area contributed by atoms with Crippen molar-refractivity contribution in [3.8, 4) is 5.75 Å². The molecule has 23 heavy (non-hydrogen) atoms. The molecule has 1 aromatic carbocycles. The third-order valence-electron chi connectivity index (χ3n) is 6.13. The Morgan fingerprint density at radius 3 is 2.13 bits per heavy atom. The average Bonchev–Trinajstić information content (AvgIpc) is 2.47. The summed E-state index contributed by atoms with van der Waals surface area (Å²) in [5, 5.41) is 3.39. The lowest BCUT2D eigenvalue weighted by molar-refractivity contribution is -0.133. The normalized spacial score (nSPS) is 35.8. The second-order valence-corrected chi connectivity index (χ2v) is 8.26. The van der Waals surface area contributed by atoms with Crippen LogP contribution >= 0.6 is 0 Å². The zero-order valence-electron chi connectivity index (χ0n) is 14.2. The number of amides is 1. The summed E-state index contributed by atoms with van der Waals surface area (Å²) >= 11 is 0. The first kappa shape index (κ1) is 15.0. The van der Waals surface area contributed by atoms with Gasteiger partial charge in [0, 0.05) is 5.54 Å². The van der Waals surface area contributed by atoms with E-state index in [-0.39, 0.29) is 11.4 Å². The lowest BCUT2D eigenvalue weighted by Gasteiger charge is -2.57. The monoisotopic (exact) mass is 313 g/mol. The highest BCUT2D eigenvalue weighted by Gasteiger charge is 2.51. The van der Waals surface area contributed by atoms with E-state index in [1.54, 1.807) is 0 Å². The molecule has 4 saturated carbocycles. The number of nitrogens with one attached hydrogen (secondary N) is 1. The van der Waals surface area contributed by atoms with Crippen LogP contribution in [0.25, 0.3) is 0 Å². The highest BCUT2D eigenvalue weighted by atomic mass is 16.5. The lowest BCUT2D eigenvalue weighted by Crippen LogP contribution is -2.61. The number of benzene rings is 1. The van der Waals surface area contributed by atoms with Crippen molar-refractivity contribution in [1.82, 2.24) is 5.32 Å². The van der Waals surface area contributed by atoms with Gasteiger partial charge < -0.3 is 10.1 Å². The van der Waals surface area contributed by atoms with Crippen molar-refractivity contribution in [3.63, 3.8) is 0 Å². The second-order valence-electron chi connectivity index (χ2n) is 8.26. The van der Waals surface area contributed by atoms with Crippen LogP contribution in [0.5, 0.6) is 5.75 Å². The molecule has 4 aliphatic carbocycles.